The molecule has 0 aliphatic heterocycles. The minimum Gasteiger partial charge on any atom is -0.290 e. The van der Waals surface area contributed by atoms with Crippen molar-refractivity contribution in [2.75, 3.05) is 5.75 Å². The Labute approximate surface area is 147 Å². The predicted molar refractivity (Wildman–Crippen MR) is 94.8 cm³/mol. The second kappa shape index (κ2) is 5.40. The molecule has 0 radical (unpaired) electrons. The molecule has 0 aromatic carbocycles. The molecule has 118 valence electrons. The van der Waals surface area contributed by atoms with Gasteiger partial charge in [-0.15, -0.1) is 34.5 Å². The summed E-state index contributed by atoms with van der Waals surface area (Å²) in [4.78, 5) is 19.7. The molecule has 22 heavy (non-hydrogen) atoms. The summed E-state index contributed by atoms with van der Waals surface area (Å²) in [5, 5.41) is 1.62. The summed E-state index contributed by atoms with van der Waals surface area (Å²) in [6, 6.07) is 0. The maximum absolute atomic E-state index is 12.7. The summed E-state index contributed by atoms with van der Waals surface area (Å²) in [6.45, 7) is 0. The van der Waals surface area contributed by atoms with Crippen molar-refractivity contribution in [2.24, 2.45) is 13.0 Å². The number of thiophene rings is 1. The van der Waals surface area contributed by atoms with Crippen LogP contribution in [0.15, 0.2) is 9.95 Å². The molecule has 0 unspecified atom stereocenters. The molecule has 1 atom stereocenters. The lowest BCUT2D eigenvalue weighted by Crippen LogP contribution is -2.20. The fourth-order valence-electron chi connectivity index (χ4n) is 3.02. The standard InChI is InChI=1S/C15H16Cl2N2OS2/c1-19-13(20)11-9-4-2-3-5-10(9)22-12(11)18-14(19)21-7-8-6-15(8,16)17/h8H,2-7H2,1H3/t8-/m0/s1. The van der Waals surface area contributed by atoms with Gasteiger partial charge in [0.1, 0.15) is 9.16 Å². The van der Waals surface area contributed by atoms with Crippen LogP contribution < -0.4 is 5.56 Å². The highest BCUT2D eigenvalue weighted by Gasteiger charge is 2.51. The molecule has 3 nitrogen and oxygen atoms in total. The predicted octanol–water partition coefficient (Wildman–Crippen LogP) is 4.16. The summed E-state index contributed by atoms with van der Waals surface area (Å²) < 4.78 is 1.11. The maximum atomic E-state index is 12.7. The molecular formula is C15H16Cl2N2OS2. The van der Waals surface area contributed by atoms with E-state index in [2.05, 4.69) is 0 Å². The van der Waals surface area contributed by atoms with Crippen LogP contribution in [-0.4, -0.2) is 19.6 Å². The Hall–Kier alpha value is -0.230. The van der Waals surface area contributed by atoms with E-state index in [1.165, 1.54) is 23.3 Å². The molecule has 2 aromatic rings. The topological polar surface area (TPSA) is 34.9 Å². The third kappa shape index (κ3) is 2.50. The fraction of sp³-hybridized carbons (Fsp3) is 0.600. The van der Waals surface area contributed by atoms with E-state index in [1.807, 2.05) is 7.05 Å². The van der Waals surface area contributed by atoms with Crippen LogP contribution >= 0.6 is 46.3 Å². The average molecular weight is 375 g/mol. The Morgan fingerprint density at radius 1 is 1.41 bits per heavy atom. The van der Waals surface area contributed by atoms with E-state index in [9.17, 15) is 4.79 Å². The minimum absolute atomic E-state index is 0.0886. The van der Waals surface area contributed by atoms with Crippen LogP contribution in [0.4, 0.5) is 0 Å². The highest BCUT2D eigenvalue weighted by Crippen LogP contribution is 2.54. The average Bonchev–Trinajstić information content (AvgIpc) is 2.93. The Bertz CT molecular complexity index is 812. The molecule has 0 bridgehead atoms. The SMILES string of the molecule is Cn1c(SC[C@@H]2CC2(Cl)Cl)nc2sc3c(c2c1=O)CCCC3. The van der Waals surface area contributed by atoms with E-state index < -0.39 is 4.33 Å². The van der Waals surface area contributed by atoms with Gasteiger partial charge in [-0.1, -0.05) is 11.8 Å². The number of fused-ring (bicyclic) bond motifs is 3. The first-order valence-corrected chi connectivity index (χ1v) is 10.0. The first-order chi connectivity index (χ1) is 10.5. The number of thioether (sulfide) groups is 1. The third-order valence-electron chi connectivity index (χ3n) is 4.52. The number of aryl methyl sites for hydroxylation is 2. The van der Waals surface area contributed by atoms with E-state index in [1.54, 1.807) is 27.7 Å². The molecule has 0 saturated heterocycles. The van der Waals surface area contributed by atoms with Gasteiger partial charge >= 0.3 is 0 Å². The number of rotatable bonds is 3. The number of nitrogens with zero attached hydrogens (tertiary/aromatic N) is 2. The first kappa shape index (κ1) is 15.3. The number of aromatic nitrogens is 2. The monoisotopic (exact) mass is 374 g/mol. The van der Waals surface area contributed by atoms with Crippen molar-refractivity contribution in [3.8, 4) is 0 Å². The van der Waals surface area contributed by atoms with Crippen LogP contribution in [0.5, 0.6) is 0 Å². The van der Waals surface area contributed by atoms with E-state index >= 15 is 0 Å². The summed E-state index contributed by atoms with van der Waals surface area (Å²) in [7, 11) is 1.81. The van der Waals surface area contributed by atoms with E-state index in [-0.39, 0.29) is 5.56 Å². The molecule has 0 spiro atoms. The van der Waals surface area contributed by atoms with Crippen LogP contribution in [-0.2, 0) is 19.9 Å². The van der Waals surface area contributed by atoms with Gasteiger partial charge in [0, 0.05) is 23.6 Å². The lowest BCUT2D eigenvalue weighted by molar-refractivity contribution is 0.695. The van der Waals surface area contributed by atoms with Crippen molar-refractivity contribution < 1.29 is 0 Å². The van der Waals surface area contributed by atoms with Gasteiger partial charge < -0.3 is 0 Å². The van der Waals surface area contributed by atoms with E-state index in [0.717, 1.165) is 40.4 Å². The smallest absolute Gasteiger partial charge is 0.262 e. The summed E-state index contributed by atoms with van der Waals surface area (Å²) >= 11 is 15.4. The number of halogens is 2. The van der Waals surface area contributed by atoms with Gasteiger partial charge in [0.2, 0.25) is 0 Å². The molecular weight excluding hydrogens is 359 g/mol. The normalized spacial score (nSPS) is 22.8. The van der Waals surface area contributed by atoms with Gasteiger partial charge in [0.15, 0.2) is 5.16 Å². The molecule has 2 aliphatic carbocycles. The summed E-state index contributed by atoms with van der Waals surface area (Å²) in [5.74, 6) is 1.11. The molecule has 1 fully saturated rings. The Morgan fingerprint density at radius 3 is 2.86 bits per heavy atom. The Kier molecular flexibility index (Phi) is 3.76. The highest BCUT2D eigenvalue weighted by molar-refractivity contribution is 7.99. The van der Waals surface area contributed by atoms with Crippen molar-refractivity contribution >= 4 is 56.5 Å². The molecule has 2 aliphatic rings. The molecule has 0 N–H and O–H groups in total. The summed E-state index contributed by atoms with van der Waals surface area (Å²) in [5.41, 5.74) is 1.34. The molecule has 1 saturated carbocycles. The second-order valence-corrected chi connectivity index (χ2v) is 9.74. The minimum atomic E-state index is -0.571. The van der Waals surface area contributed by atoms with Crippen molar-refractivity contribution in [3.63, 3.8) is 0 Å². The Balaban J connectivity index is 1.71. The van der Waals surface area contributed by atoms with Crippen LogP contribution in [0.3, 0.4) is 0 Å². The van der Waals surface area contributed by atoms with Crippen molar-refractivity contribution in [2.45, 2.75) is 41.6 Å². The lowest BCUT2D eigenvalue weighted by Gasteiger charge is -2.10. The van der Waals surface area contributed by atoms with Crippen LogP contribution in [0.25, 0.3) is 10.2 Å². The quantitative estimate of drug-likeness (QED) is 0.459. The molecule has 2 aromatic heterocycles. The highest BCUT2D eigenvalue weighted by atomic mass is 35.5. The van der Waals surface area contributed by atoms with Crippen molar-refractivity contribution in [3.05, 3.63) is 20.8 Å². The number of alkyl halides is 2. The third-order valence-corrected chi connectivity index (χ3v) is 7.83. The van der Waals surface area contributed by atoms with Gasteiger partial charge in [-0.2, -0.15) is 0 Å². The van der Waals surface area contributed by atoms with Gasteiger partial charge in [-0.25, -0.2) is 4.98 Å². The van der Waals surface area contributed by atoms with Crippen LogP contribution in [0.1, 0.15) is 29.7 Å². The second-order valence-electron chi connectivity index (χ2n) is 6.12. The van der Waals surface area contributed by atoms with E-state index in [4.69, 9.17) is 28.2 Å². The van der Waals surface area contributed by atoms with Crippen molar-refractivity contribution in [1.82, 2.24) is 9.55 Å². The van der Waals surface area contributed by atoms with Gasteiger partial charge in [-0.05, 0) is 37.7 Å². The summed E-state index contributed by atoms with van der Waals surface area (Å²) in [6.07, 6.45) is 5.32. The zero-order chi connectivity index (χ0) is 15.5. The number of hydrogen-bond acceptors (Lipinski definition) is 4. The van der Waals surface area contributed by atoms with Crippen LogP contribution in [0.2, 0.25) is 0 Å². The van der Waals surface area contributed by atoms with Gasteiger partial charge in [-0.3, -0.25) is 9.36 Å². The Morgan fingerprint density at radius 2 is 2.14 bits per heavy atom. The first-order valence-electron chi connectivity index (χ1n) is 7.49. The van der Waals surface area contributed by atoms with Crippen LogP contribution in [0, 0.1) is 5.92 Å². The largest absolute Gasteiger partial charge is 0.290 e. The van der Waals surface area contributed by atoms with Crippen molar-refractivity contribution in [1.29, 1.82) is 0 Å². The molecule has 0 amide bonds. The van der Waals surface area contributed by atoms with Gasteiger partial charge in [0.25, 0.3) is 5.56 Å². The molecule has 2 heterocycles. The lowest BCUT2D eigenvalue weighted by atomic mass is 9.97. The van der Waals surface area contributed by atoms with E-state index in [0.29, 0.717) is 5.92 Å². The maximum Gasteiger partial charge on any atom is 0.262 e. The van der Waals surface area contributed by atoms with Gasteiger partial charge in [0.05, 0.1) is 5.39 Å². The molecule has 7 heteroatoms. The molecule has 4 rings (SSSR count). The zero-order valence-electron chi connectivity index (χ0n) is 12.2. The zero-order valence-corrected chi connectivity index (χ0v) is 15.3. The number of hydrogen-bond donors (Lipinski definition) is 0. The fourth-order valence-corrected chi connectivity index (χ4v) is 6.23.